The van der Waals surface area contributed by atoms with E-state index in [9.17, 15) is 9.90 Å². The summed E-state index contributed by atoms with van der Waals surface area (Å²) in [4.78, 5) is 16.4. The molecule has 0 spiro atoms. The summed E-state index contributed by atoms with van der Waals surface area (Å²) in [7, 11) is 0. The van der Waals surface area contributed by atoms with Gasteiger partial charge in [-0.05, 0) is 35.6 Å². The Bertz CT molecular complexity index is 570. The zero-order valence-electron chi connectivity index (χ0n) is 9.50. The molecule has 1 amide bonds. The van der Waals surface area contributed by atoms with Crippen LogP contribution in [0.25, 0.3) is 0 Å². The lowest BCUT2D eigenvalue weighted by atomic mass is 10.3. The van der Waals surface area contributed by atoms with Crippen LogP contribution in [0.5, 0.6) is 0 Å². The standard InChI is InChI=1S/C11H10IN3O3/c1-7-4-8(14-18-7)6-15(11(16)17)10-5-13-3-2-9(10)12/h2-5H,6H2,1H3,(H,16,17). The molecule has 0 bridgehead atoms. The van der Waals surface area contributed by atoms with Gasteiger partial charge in [0.1, 0.15) is 11.5 Å². The van der Waals surface area contributed by atoms with Crippen LogP contribution in [0.4, 0.5) is 10.5 Å². The Kier molecular flexibility index (Phi) is 3.80. The molecule has 6 nitrogen and oxygen atoms in total. The lowest BCUT2D eigenvalue weighted by Crippen LogP contribution is -2.29. The fourth-order valence-corrected chi connectivity index (χ4v) is 2.07. The minimum Gasteiger partial charge on any atom is -0.465 e. The average molecular weight is 359 g/mol. The quantitative estimate of drug-likeness (QED) is 0.853. The predicted molar refractivity (Wildman–Crippen MR) is 72.4 cm³/mol. The number of aryl methyl sites for hydroxylation is 1. The van der Waals surface area contributed by atoms with Gasteiger partial charge >= 0.3 is 6.09 Å². The fraction of sp³-hybridized carbons (Fsp3) is 0.182. The molecule has 0 aliphatic heterocycles. The van der Waals surface area contributed by atoms with Gasteiger partial charge in [-0.25, -0.2) is 4.79 Å². The average Bonchev–Trinajstić information content (AvgIpc) is 2.73. The van der Waals surface area contributed by atoms with Gasteiger partial charge in [-0.2, -0.15) is 0 Å². The van der Waals surface area contributed by atoms with Crippen molar-refractivity contribution in [1.82, 2.24) is 10.1 Å². The topological polar surface area (TPSA) is 79.5 Å². The number of hydrogen-bond donors (Lipinski definition) is 1. The van der Waals surface area contributed by atoms with Crippen molar-refractivity contribution in [2.45, 2.75) is 13.5 Å². The molecule has 2 heterocycles. The van der Waals surface area contributed by atoms with Crippen LogP contribution in [-0.4, -0.2) is 21.3 Å². The second-order valence-corrected chi connectivity index (χ2v) is 4.79. The van der Waals surface area contributed by atoms with Crippen molar-refractivity contribution in [2.75, 3.05) is 4.90 Å². The van der Waals surface area contributed by atoms with Crippen LogP contribution in [-0.2, 0) is 6.54 Å². The van der Waals surface area contributed by atoms with E-state index >= 15 is 0 Å². The minimum atomic E-state index is -1.05. The number of halogens is 1. The third-order valence-electron chi connectivity index (χ3n) is 2.27. The van der Waals surface area contributed by atoms with Crippen LogP contribution in [0.3, 0.4) is 0 Å². The molecule has 2 aromatic rings. The molecule has 2 aromatic heterocycles. The Morgan fingerprint density at radius 2 is 2.39 bits per heavy atom. The Labute approximate surface area is 117 Å². The maximum Gasteiger partial charge on any atom is 0.412 e. The van der Waals surface area contributed by atoms with Crippen LogP contribution >= 0.6 is 22.6 Å². The van der Waals surface area contributed by atoms with E-state index in [0.29, 0.717) is 17.1 Å². The van der Waals surface area contributed by atoms with Gasteiger partial charge in [-0.15, -0.1) is 0 Å². The molecule has 0 aliphatic carbocycles. The van der Waals surface area contributed by atoms with Crippen LogP contribution in [0, 0.1) is 10.5 Å². The molecule has 0 saturated carbocycles. The first kappa shape index (κ1) is 12.8. The summed E-state index contributed by atoms with van der Waals surface area (Å²) in [6.07, 6.45) is 2.08. The minimum absolute atomic E-state index is 0.133. The summed E-state index contributed by atoms with van der Waals surface area (Å²) in [6, 6.07) is 3.46. The molecule has 94 valence electrons. The molecular formula is C11H10IN3O3. The van der Waals surface area contributed by atoms with Gasteiger partial charge in [-0.1, -0.05) is 5.16 Å². The molecule has 2 rings (SSSR count). The highest BCUT2D eigenvalue weighted by molar-refractivity contribution is 14.1. The molecular weight excluding hydrogens is 349 g/mol. The second-order valence-electron chi connectivity index (χ2n) is 3.62. The first-order chi connectivity index (χ1) is 8.58. The molecule has 1 N–H and O–H groups in total. The summed E-state index contributed by atoms with van der Waals surface area (Å²) in [5.74, 6) is 0.649. The summed E-state index contributed by atoms with van der Waals surface area (Å²) < 4.78 is 5.73. The number of hydrogen-bond acceptors (Lipinski definition) is 4. The number of amides is 1. The van der Waals surface area contributed by atoms with E-state index in [1.807, 2.05) is 0 Å². The summed E-state index contributed by atoms with van der Waals surface area (Å²) in [6.45, 7) is 1.89. The van der Waals surface area contributed by atoms with Gasteiger partial charge in [0.05, 0.1) is 18.4 Å². The molecule has 0 unspecified atom stereocenters. The third-order valence-corrected chi connectivity index (χ3v) is 3.18. The predicted octanol–water partition coefficient (Wildman–Crippen LogP) is 2.67. The van der Waals surface area contributed by atoms with Crippen LogP contribution in [0.2, 0.25) is 0 Å². The van der Waals surface area contributed by atoms with Crippen molar-refractivity contribution in [3.63, 3.8) is 0 Å². The van der Waals surface area contributed by atoms with Crippen LogP contribution in [0.15, 0.2) is 29.0 Å². The number of rotatable bonds is 3. The van der Waals surface area contributed by atoms with Gasteiger partial charge in [0.2, 0.25) is 0 Å². The number of nitrogens with zero attached hydrogens (tertiary/aromatic N) is 3. The van der Waals surface area contributed by atoms with E-state index < -0.39 is 6.09 Å². The van der Waals surface area contributed by atoms with Crippen LogP contribution in [0.1, 0.15) is 11.5 Å². The number of carbonyl (C=O) groups is 1. The van der Waals surface area contributed by atoms with E-state index in [4.69, 9.17) is 4.52 Å². The molecule has 0 aromatic carbocycles. The Hall–Kier alpha value is -1.64. The Morgan fingerprint density at radius 1 is 1.61 bits per heavy atom. The van der Waals surface area contributed by atoms with Crippen molar-refractivity contribution >= 4 is 34.4 Å². The third kappa shape index (κ3) is 2.78. The van der Waals surface area contributed by atoms with E-state index in [-0.39, 0.29) is 6.54 Å². The number of anilines is 1. The maximum absolute atomic E-state index is 11.3. The molecule has 0 fully saturated rings. The highest BCUT2D eigenvalue weighted by Crippen LogP contribution is 2.22. The zero-order valence-corrected chi connectivity index (χ0v) is 11.7. The smallest absolute Gasteiger partial charge is 0.412 e. The van der Waals surface area contributed by atoms with Gasteiger partial charge < -0.3 is 9.63 Å². The number of aromatic nitrogens is 2. The van der Waals surface area contributed by atoms with Crippen molar-refractivity contribution in [1.29, 1.82) is 0 Å². The normalized spacial score (nSPS) is 10.3. The van der Waals surface area contributed by atoms with Gasteiger partial charge in [0.15, 0.2) is 0 Å². The Morgan fingerprint density at radius 3 is 2.94 bits per heavy atom. The number of carboxylic acid groups (broad SMARTS) is 1. The van der Waals surface area contributed by atoms with Gasteiger partial charge in [0.25, 0.3) is 0 Å². The second kappa shape index (κ2) is 5.34. The Balaban J connectivity index is 2.30. The number of pyridine rings is 1. The van der Waals surface area contributed by atoms with Crippen molar-refractivity contribution < 1.29 is 14.4 Å². The maximum atomic E-state index is 11.3. The summed E-state index contributed by atoms with van der Waals surface area (Å²) in [5, 5.41) is 13.0. The first-order valence-electron chi connectivity index (χ1n) is 5.10. The van der Waals surface area contributed by atoms with E-state index in [1.165, 1.54) is 11.1 Å². The lowest BCUT2D eigenvalue weighted by molar-refractivity contribution is 0.201. The highest BCUT2D eigenvalue weighted by Gasteiger charge is 2.19. The van der Waals surface area contributed by atoms with Gasteiger partial charge in [0, 0.05) is 15.8 Å². The fourth-order valence-electron chi connectivity index (χ4n) is 1.48. The molecule has 7 heteroatoms. The van der Waals surface area contributed by atoms with Crippen molar-refractivity contribution in [2.24, 2.45) is 0 Å². The van der Waals surface area contributed by atoms with Crippen molar-refractivity contribution in [3.05, 3.63) is 39.6 Å². The first-order valence-corrected chi connectivity index (χ1v) is 6.18. The lowest BCUT2D eigenvalue weighted by Gasteiger charge is -2.18. The SMILES string of the molecule is Cc1cc(CN(C(=O)O)c2cnccc2I)no1. The molecule has 0 atom stereocenters. The zero-order chi connectivity index (χ0) is 13.1. The monoisotopic (exact) mass is 359 g/mol. The highest BCUT2D eigenvalue weighted by atomic mass is 127. The van der Waals surface area contributed by atoms with Crippen LogP contribution < -0.4 is 4.90 Å². The van der Waals surface area contributed by atoms with E-state index in [0.717, 1.165) is 3.57 Å². The molecule has 0 aliphatic rings. The van der Waals surface area contributed by atoms with E-state index in [2.05, 4.69) is 32.7 Å². The van der Waals surface area contributed by atoms with Gasteiger partial charge in [-0.3, -0.25) is 9.88 Å². The molecule has 0 radical (unpaired) electrons. The van der Waals surface area contributed by atoms with Crippen molar-refractivity contribution in [3.8, 4) is 0 Å². The largest absolute Gasteiger partial charge is 0.465 e. The summed E-state index contributed by atoms with van der Waals surface area (Å²) in [5.41, 5.74) is 1.10. The molecule has 18 heavy (non-hydrogen) atoms. The van der Waals surface area contributed by atoms with E-state index in [1.54, 1.807) is 25.3 Å². The molecule has 0 saturated heterocycles. The summed E-state index contributed by atoms with van der Waals surface area (Å²) >= 11 is 2.07.